The van der Waals surface area contributed by atoms with Gasteiger partial charge in [-0.1, -0.05) is 0 Å². The van der Waals surface area contributed by atoms with Gasteiger partial charge < -0.3 is 5.73 Å². The topological polar surface area (TPSA) is 50.7 Å². The second-order valence-electron chi connectivity index (χ2n) is 4.14. The van der Waals surface area contributed by atoms with Crippen LogP contribution < -0.4 is 5.73 Å². The minimum Gasteiger partial charge on any atom is -0.394 e. The fourth-order valence-electron chi connectivity index (χ4n) is 1.52. The maximum absolute atomic E-state index is 13.4. The number of nitrogen functional groups attached to an aromatic ring is 1. The van der Waals surface area contributed by atoms with Gasteiger partial charge in [0.15, 0.2) is 57.9 Å². The summed E-state index contributed by atoms with van der Waals surface area (Å²) in [6.45, 7) is 0. The molecule has 0 saturated heterocycles. The zero-order valence-electron chi connectivity index (χ0n) is 10.9. The molecular formula is C12H2F9N3. The van der Waals surface area contributed by atoms with Crippen LogP contribution in [0.15, 0.2) is 10.2 Å². The lowest BCUT2D eigenvalue weighted by Crippen LogP contribution is -2.02. The molecule has 2 rings (SSSR count). The minimum atomic E-state index is -2.49. The predicted molar refractivity (Wildman–Crippen MR) is 61.1 cm³/mol. The number of hydrogen-bond donors (Lipinski definition) is 1. The highest BCUT2D eigenvalue weighted by molar-refractivity contribution is 5.64. The first-order valence-corrected chi connectivity index (χ1v) is 5.64. The van der Waals surface area contributed by atoms with Crippen molar-refractivity contribution in [1.82, 2.24) is 0 Å². The lowest BCUT2D eigenvalue weighted by atomic mass is 10.2. The van der Waals surface area contributed by atoms with E-state index in [0.717, 1.165) is 0 Å². The summed E-state index contributed by atoms with van der Waals surface area (Å²) >= 11 is 0. The van der Waals surface area contributed by atoms with Crippen molar-refractivity contribution in [2.24, 2.45) is 10.2 Å². The lowest BCUT2D eigenvalue weighted by molar-refractivity contribution is 0.380. The van der Waals surface area contributed by atoms with Crippen LogP contribution in [0.1, 0.15) is 0 Å². The highest BCUT2D eigenvalue weighted by Crippen LogP contribution is 2.36. The van der Waals surface area contributed by atoms with Gasteiger partial charge in [0, 0.05) is 0 Å². The van der Waals surface area contributed by atoms with Crippen molar-refractivity contribution in [1.29, 1.82) is 0 Å². The smallest absolute Gasteiger partial charge is 0.200 e. The van der Waals surface area contributed by atoms with Gasteiger partial charge in [-0.25, -0.2) is 39.5 Å². The summed E-state index contributed by atoms with van der Waals surface area (Å²) in [7, 11) is 0. The van der Waals surface area contributed by atoms with Gasteiger partial charge in [0.25, 0.3) is 0 Å². The second-order valence-corrected chi connectivity index (χ2v) is 4.14. The number of halogens is 9. The fraction of sp³-hybridized carbons (Fsp3) is 0. The average molecular weight is 359 g/mol. The van der Waals surface area contributed by atoms with Crippen molar-refractivity contribution in [2.75, 3.05) is 5.73 Å². The molecule has 128 valence electrons. The molecule has 0 heterocycles. The summed E-state index contributed by atoms with van der Waals surface area (Å²) in [6, 6.07) is 0. The molecule has 0 bridgehead atoms. The number of nitrogens with two attached hydrogens (primary N) is 1. The van der Waals surface area contributed by atoms with Gasteiger partial charge in [0.1, 0.15) is 5.69 Å². The number of benzene rings is 2. The first-order chi connectivity index (χ1) is 11.1. The molecule has 0 aliphatic carbocycles. The van der Waals surface area contributed by atoms with Gasteiger partial charge >= 0.3 is 0 Å². The van der Waals surface area contributed by atoms with E-state index in [1.165, 1.54) is 0 Å². The van der Waals surface area contributed by atoms with Crippen molar-refractivity contribution in [3.05, 3.63) is 52.4 Å². The maximum Gasteiger partial charge on any atom is 0.200 e. The molecule has 0 aromatic heterocycles. The normalized spacial score (nSPS) is 11.5. The summed E-state index contributed by atoms with van der Waals surface area (Å²) in [5.41, 5.74) is 0.0773. The molecule has 12 heteroatoms. The van der Waals surface area contributed by atoms with Crippen LogP contribution in [0.3, 0.4) is 0 Å². The molecule has 0 amide bonds. The molecule has 2 N–H and O–H groups in total. The van der Waals surface area contributed by atoms with Crippen LogP contribution in [-0.2, 0) is 0 Å². The summed E-state index contributed by atoms with van der Waals surface area (Å²) < 4.78 is 118. The Morgan fingerprint density at radius 2 is 0.708 bits per heavy atom. The Bertz CT molecular complexity index is 750. The van der Waals surface area contributed by atoms with Gasteiger partial charge in [-0.15, -0.1) is 10.2 Å². The number of azo groups is 1. The molecular weight excluding hydrogens is 357 g/mol. The monoisotopic (exact) mass is 359 g/mol. The Labute approximate surface area is 126 Å². The van der Waals surface area contributed by atoms with E-state index in [4.69, 9.17) is 5.73 Å². The summed E-state index contributed by atoms with van der Waals surface area (Å²) in [4.78, 5) is 0. The van der Waals surface area contributed by atoms with Crippen LogP contribution in [0.2, 0.25) is 0 Å². The van der Waals surface area contributed by atoms with Gasteiger partial charge in [-0.2, -0.15) is 0 Å². The number of hydrogen-bond acceptors (Lipinski definition) is 3. The van der Waals surface area contributed by atoms with Gasteiger partial charge in [-0.3, -0.25) is 0 Å². The summed E-state index contributed by atoms with van der Waals surface area (Å²) in [5, 5.41) is 5.14. The molecule has 0 radical (unpaired) electrons. The standard InChI is InChI=1S/C12H2F9N3/c13-1-3(15)7(19)11(8(20)4(1)16)23-24-12-9(21)5(17)2(14)6(18)10(12)22/h22H2. The molecule has 0 fully saturated rings. The molecule has 0 aliphatic rings. The van der Waals surface area contributed by atoms with Crippen molar-refractivity contribution in [3.63, 3.8) is 0 Å². The van der Waals surface area contributed by atoms with Crippen LogP contribution in [-0.4, -0.2) is 0 Å². The predicted octanol–water partition coefficient (Wildman–Crippen LogP) is 4.94. The zero-order chi connectivity index (χ0) is 18.3. The third-order valence-electron chi connectivity index (χ3n) is 2.71. The molecule has 0 saturated carbocycles. The minimum absolute atomic E-state index is 1.43. The molecule has 0 atom stereocenters. The van der Waals surface area contributed by atoms with E-state index in [-0.39, 0.29) is 0 Å². The lowest BCUT2D eigenvalue weighted by Gasteiger charge is -2.06. The van der Waals surface area contributed by atoms with Crippen molar-refractivity contribution < 1.29 is 39.5 Å². The average Bonchev–Trinajstić information content (AvgIpc) is 2.57. The highest BCUT2D eigenvalue weighted by atomic mass is 19.2. The van der Waals surface area contributed by atoms with Crippen molar-refractivity contribution in [3.8, 4) is 0 Å². The quantitative estimate of drug-likeness (QED) is 0.267. The Kier molecular flexibility index (Phi) is 4.40. The van der Waals surface area contributed by atoms with Crippen molar-refractivity contribution >= 4 is 17.1 Å². The van der Waals surface area contributed by atoms with E-state index in [0.29, 0.717) is 0 Å². The second kappa shape index (κ2) is 6.02. The van der Waals surface area contributed by atoms with Gasteiger partial charge in [0.05, 0.1) is 0 Å². The SMILES string of the molecule is Nc1c(F)c(F)c(F)c(F)c1N=Nc1c(F)c(F)c(F)c(F)c1F. The van der Waals surface area contributed by atoms with E-state index < -0.39 is 69.4 Å². The van der Waals surface area contributed by atoms with E-state index in [9.17, 15) is 39.5 Å². The van der Waals surface area contributed by atoms with Gasteiger partial charge in [-0.05, 0) is 0 Å². The van der Waals surface area contributed by atoms with E-state index in [1.54, 1.807) is 0 Å². The van der Waals surface area contributed by atoms with E-state index in [2.05, 4.69) is 10.2 Å². The van der Waals surface area contributed by atoms with Crippen molar-refractivity contribution in [2.45, 2.75) is 0 Å². The van der Waals surface area contributed by atoms with Crippen LogP contribution in [0.25, 0.3) is 0 Å². The van der Waals surface area contributed by atoms with Crippen LogP contribution in [0.4, 0.5) is 56.6 Å². The Hall–Kier alpha value is -2.79. The third kappa shape index (κ3) is 2.53. The first-order valence-electron chi connectivity index (χ1n) is 5.64. The van der Waals surface area contributed by atoms with Gasteiger partial charge in [0.2, 0.25) is 5.82 Å². The number of rotatable bonds is 2. The third-order valence-corrected chi connectivity index (χ3v) is 2.71. The number of nitrogens with zero attached hydrogens (tertiary/aromatic N) is 2. The number of anilines is 1. The van der Waals surface area contributed by atoms with Crippen LogP contribution in [0, 0.1) is 52.4 Å². The molecule has 24 heavy (non-hydrogen) atoms. The molecule has 0 unspecified atom stereocenters. The molecule has 0 spiro atoms. The Morgan fingerprint density at radius 3 is 1.17 bits per heavy atom. The Morgan fingerprint density at radius 1 is 0.417 bits per heavy atom. The summed E-state index contributed by atoms with van der Waals surface area (Å²) in [5.74, 6) is -21.0. The van der Waals surface area contributed by atoms with E-state index in [1.807, 2.05) is 0 Å². The molecule has 3 nitrogen and oxygen atoms in total. The largest absolute Gasteiger partial charge is 0.394 e. The van der Waals surface area contributed by atoms with Crippen LogP contribution in [0.5, 0.6) is 0 Å². The molecule has 2 aromatic carbocycles. The first kappa shape index (κ1) is 17.6. The maximum atomic E-state index is 13.4. The summed E-state index contributed by atoms with van der Waals surface area (Å²) in [6.07, 6.45) is 0. The highest BCUT2D eigenvalue weighted by Gasteiger charge is 2.27. The fourth-order valence-corrected chi connectivity index (χ4v) is 1.52. The zero-order valence-corrected chi connectivity index (χ0v) is 10.9. The van der Waals surface area contributed by atoms with E-state index >= 15 is 0 Å². The van der Waals surface area contributed by atoms with Crippen LogP contribution >= 0.6 is 0 Å². The molecule has 2 aromatic rings. The Balaban J connectivity index is 2.67. The molecule has 0 aliphatic heterocycles.